The van der Waals surface area contributed by atoms with E-state index in [4.69, 9.17) is 0 Å². The predicted octanol–water partition coefficient (Wildman–Crippen LogP) is 1.69. The Labute approximate surface area is 95.7 Å². The molecule has 3 nitrogen and oxygen atoms in total. The van der Waals surface area contributed by atoms with Crippen LogP contribution in [-0.2, 0) is 0 Å². The van der Waals surface area contributed by atoms with Crippen LogP contribution in [0.2, 0.25) is 0 Å². The van der Waals surface area contributed by atoms with E-state index < -0.39 is 0 Å². The number of hydrogen-bond donors (Lipinski definition) is 2. The minimum atomic E-state index is -0.0962. The van der Waals surface area contributed by atoms with Crippen LogP contribution in [0.3, 0.4) is 0 Å². The lowest BCUT2D eigenvalue weighted by atomic mass is 9.90. The van der Waals surface area contributed by atoms with Crippen LogP contribution < -0.4 is 10.6 Å². The van der Waals surface area contributed by atoms with Gasteiger partial charge in [-0.3, -0.25) is 0 Å². The Morgan fingerprint density at radius 3 is 2.75 bits per heavy atom. The summed E-state index contributed by atoms with van der Waals surface area (Å²) in [5, 5.41) is 6.30. The van der Waals surface area contributed by atoms with E-state index in [2.05, 4.69) is 10.6 Å². The molecule has 0 spiro atoms. The fraction of sp³-hybridized carbons (Fsp3) is 0.500. The van der Waals surface area contributed by atoms with Crippen LogP contribution >= 0.6 is 0 Å². The summed E-state index contributed by atoms with van der Waals surface area (Å²) in [6, 6.07) is 0. The molecular formula is C12H18FN3. The molecule has 1 saturated heterocycles. The van der Waals surface area contributed by atoms with Crippen molar-refractivity contribution < 1.29 is 4.39 Å². The van der Waals surface area contributed by atoms with Crippen molar-refractivity contribution in [3.05, 3.63) is 36.1 Å². The van der Waals surface area contributed by atoms with E-state index in [1.807, 2.05) is 37.2 Å². The van der Waals surface area contributed by atoms with E-state index in [0.717, 1.165) is 18.7 Å². The standard InChI is InChI=1S/C10H12FN3.C2H6/c11-9-6-14-2-1-13-10(14)3-8(9)7-4-12-5-7;1-2/h1-3,6-7,10,12-13H,4-5H2;1-2H3. The highest BCUT2D eigenvalue weighted by atomic mass is 19.1. The monoisotopic (exact) mass is 223 g/mol. The molecule has 4 heteroatoms. The summed E-state index contributed by atoms with van der Waals surface area (Å²) in [7, 11) is 0. The van der Waals surface area contributed by atoms with Crippen LogP contribution in [0.5, 0.6) is 0 Å². The highest BCUT2D eigenvalue weighted by Gasteiger charge is 2.30. The van der Waals surface area contributed by atoms with Gasteiger partial charge in [0.1, 0.15) is 12.0 Å². The second-order valence-electron chi connectivity index (χ2n) is 3.83. The maximum absolute atomic E-state index is 13.6. The number of hydrogen-bond acceptors (Lipinski definition) is 3. The van der Waals surface area contributed by atoms with Gasteiger partial charge in [0, 0.05) is 37.6 Å². The summed E-state index contributed by atoms with van der Waals surface area (Å²) < 4.78 is 13.6. The van der Waals surface area contributed by atoms with Gasteiger partial charge in [-0.05, 0) is 11.6 Å². The highest BCUT2D eigenvalue weighted by Crippen LogP contribution is 2.30. The number of nitrogens with one attached hydrogen (secondary N) is 2. The minimum absolute atomic E-state index is 0.0962. The Bertz CT molecular complexity index is 342. The number of rotatable bonds is 1. The molecule has 1 unspecified atom stereocenters. The average Bonchev–Trinajstić information content (AvgIpc) is 2.66. The first-order chi connectivity index (χ1) is 7.84. The molecular weight excluding hydrogens is 205 g/mol. The Balaban J connectivity index is 0.000000457. The molecule has 3 aliphatic rings. The van der Waals surface area contributed by atoms with Crippen molar-refractivity contribution in [3.63, 3.8) is 0 Å². The van der Waals surface area contributed by atoms with E-state index in [1.165, 1.54) is 0 Å². The number of nitrogens with zero attached hydrogens (tertiary/aromatic N) is 1. The van der Waals surface area contributed by atoms with Gasteiger partial charge in [-0.25, -0.2) is 4.39 Å². The van der Waals surface area contributed by atoms with Gasteiger partial charge in [-0.2, -0.15) is 0 Å². The molecule has 0 aliphatic carbocycles. The molecule has 0 radical (unpaired) electrons. The molecule has 0 amide bonds. The lowest BCUT2D eigenvalue weighted by molar-refractivity contribution is 0.354. The number of fused-ring (bicyclic) bond motifs is 1. The summed E-state index contributed by atoms with van der Waals surface area (Å²) in [5.74, 6) is 0.261. The third-order valence-corrected chi connectivity index (χ3v) is 2.93. The SMILES string of the molecule is CC.FC1=CN2C=CNC2C=C1C1CNC1. The van der Waals surface area contributed by atoms with E-state index in [9.17, 15) is 4.39 Å². The Morgan fingerprint density at radius 1 is 1.38 bits per heavy atom. The molecule has 16 heavy (non-hydrogen) atoms. The van der Waals surface area contributed by atoms with Crippen LogP contribution in [0, 0.1) is 5.92 Å². The van der Waals surface area contributed by atoms with Crippen LogP contribution in [0.1, 0.15) is 13.8 Å². The first-order valence-electron chi connectivity index (χ1n) is 5.85. The van der Waals surface area contributed by atoms with Crippen molar-refractivity contribution >= 4 is 0 Å². The third kappa shape index (κ3) is 1.85. The number of halogens is 1. The molecule has 3 aliphatic heterocycles. The molecule has 0 aromatic rings. The third-order valence-electron chi connectivity index (χ3n) is 2.93. The smallest absolute Gasteiger partial charge is 0.142 e. The van der Waals surface area contributed by atoms with E-state index in [1.54, 1.807) is 6.20 Å². The predicted molar refractivity (Wildman–Crippen MR) is 62.9 cm³/mol. The molecule has 1 atom stereocenters. The zero-order chi connectivity index (χ0) is 11.5. The fourth-order valence-corrected chi connectivity index (χ4v) is 1.96. The van der Waals surface area contributed by atoms with Crippen molar-refractivity contribution in [1.82, 2.24) is 15.5 Å². The van der Waals surface area contributed by atoms with E-state index >= 15 is 0 Å². The van der Waals surface area contributed by atoms with Gasteiger partial charge >= 0.3 is 0 Å². The maximum atomic E-state index is 13.6. The van der Waals surface area contributed by atoms with Crippen molar-refractivity contribution in [1.29, 1.82) is 0 Å². The van der Waals surface area contributed by atoms with Crippen LogP contribution in [0.25, 0.3) is 0 Å². The number of allylic oxidation sites excluding steroid dienone is 1. The minimum Gasteiger partial charge on any atom is -0.366 e. The van der Waals surface area contributed by atoms with Gasteiger partial charge in [-0.1, -0.05) is 13.8 Å². The van der Waals surface area contributed by atoms with Gasteiger partial charge in [0.05, 0.1) is 0 Å². The van der Waals surface area contributed by atoms with Gasteiger partial charge in [-0.15, -0.1) is 0 Å². The Kier molecular flexibility index (Phi) is 3.29. The van der Waals surface area contributed by atoms with E-state index in [-0.39, 0.29) is 12.0 Å². The van der Waals surface area contributed by atoms with Crippen molar-refractivity contribution in [2.24, 2.45) is 5.92 Å². The topological polar surface area (TPSA) is 27.3 Å². The molecule has 0 aromatic heterocycles. The van der Waals surface area contributed by atoms with Crippen molar-refractivity contribution in [2.45, 2.75) is 20.0 Å². The Hall–Kier alpha value is -1.29. The summed E-state index contributed by atoms with van der Waals surface area (Å²) >= 11 is 0. The molecule has 3 heterocycles. The van der Waals surface area contributed by atoms with Gasteiger partial charge in [0.25, 0.3) is 0 Å². The average molecular weight is 223 g/mol. The van der Waals surface area contributed by atoms with Gasteiger partial charge < -0.3 is 15.5 Å². The zero-order valence-electron chi connectivity index (χ0n) is 9.70. The van der Waals surface area contributed by atoms with Gasteiger partial charge in [0.2, 0.25) is 0 Å². The maximum Gasteiger partial charge on any atom is 0.142 e. The largest absolute Gasteiger partial charge is 0.366 e. The first-order valence-corrected chi connectivity index (χ1v) is 5.85. The quantitative estimate of drug-likeness (QED) is 0.708. The summed E-state index contributed by atoms with van der Waals surface area (Å²) in [5.41, 5.74) is 0.848. The molecule has 0 aromatic carbocycles. The molecule has 88 valence electrons. The summed E-state index contributed by atoms with van der Waals surface area (Å²) in [4.78, 5) is 1.84. The molecule has 2 N–H and O–H groups in total. The van der Waals surface area contributed by atoms with E-state index in [0.29, 0.717) is 5.92 Å². The molecule has 0 saturated carbocycles. The first kappa shape index (κ1) is 11.2. The van der Waals surface area contributed by atoms with Crippen LogP contribution in [0.15, 0.2) is 36.1 Å². The highest BCUT2D eigenvalue weighted by molar-refractivity contribution is 5.36. The fourth-order valence-electron chi connectivity index (χ4n) is 1.96. The van der Waals surface area contributed by atoms with Crippen molar-refractivity contribution in [2.75, 3.05) is 13.1 Å². The zero-order valence-corrected chi connectivity index (χ0v) is 9.70. The summed E-state index contributed by atoms with van der Waals surface area (Å²) in [6.07, 6.45) is 7.34. The molecule has 3 rings (SSSR count). The van der Waals surface area contributed by atoms with Crippen LogP contribution in [0.4, 0.5) is 4.39 Å². The second-order valence-corrected chi connectivity index (χ2v) is 3.83. The van der Waals surface area contributed by atoms with Crippen molar-refractivity contribution in [3.8, 4) is 0 Å². The normalized spacial score (nSPS) is 26.9. The Morgan fingerprint density at radius 2 is 2.12 bits per heavy atom. The summed E-state index contributed by atoms with van der Waals surface area (Å²) in [6.45, 7) is 5.79. The molecule has 0 bridgehead atoms. The lowest BCUT2D eigenvalue weighted by Crippen LogP contribution is -2.45. The van der Waals surface area contributed by atoms with Crippen LogP contribution in [-0.4, -0.2) is 24.2 Å². The second kappa shape index (κ2) is 4.70. The molecule has 1 fully saturated rings. The van der Waals surface area contributed by atoms with Gasteiger partial charge in [0.15, 0.2) is 0 Å². The lowest BCUT2D eigenvalue weighted by Gasteiger charge is -2.33.